The summed E-state index contributed by atoms with van der Waals surface area (Å²) < 4.78 is 26.4. The van der Waals surface area contributed by atoms with E-state index >= 15 is 0 Å². The van der Waals surface area contributed by atoms with E-state index in [4.69, 9.17) is 0 Å². The maximum Gasteiger partial charge on any atom is 0.258 e. The Labute approximate surface area is 103 Å². The molecular formula is C11H13F2N5. The summed E-state index contributed by atoms with van der Waals surface area (Å²) in [6.45, 7) is 3.33. The van der Waals surface area contributed by atoms with Crippen molar-refractivity contribution in [3.05, 3.63) is 30.1 Å². The van der Waals surface area contributed by atoms with Crippen molar-refractivity contribution in [1.29, 1.82) is 0 Å². The molecule has 1 heterocycles. The highest BCUT2D eigenvalue weighted by Crippen LogP contribution is 2.19. The topological polar surface area (TPSA) is 55.6 Å². The van der Waals surface area contributed by atoms with Gasteiger partial charge in [0.25, 0.3) is 6.43 Å². The summed E-state index contributed by atoms with van der Waals surface area (Å²) in [6, 6.07) is 4.42. The monoisotopic (exact) mass is 253 g/mol. The van der Waals surface area contributed by atoms with Crippen LogP contribution in [0.3, 0.4) is 0 Å². The summed E-state index contributed by atoms with van der Waals surface area (Å²) in [5.41, 5.74) is 2.32. The first-order chi connectivity index (χ1) is 8.58. The third kappa shape index (κ3) is 2.61. The number of alkyl halides is 2. The number of halogens is 2. The van der Waals surface area contributed by atoms with E-state index in [1.54, 1.807) is 12.1 Å². The molecule has 0 saturated heterocycles. The summed E-state index contributed by atoms with van der Waals surface area (Å²) in [4.78, 5) is 0. The van der Waals surface area contributed by atoms with Crippen molar-refractivity contribution in [2.75, 3.05) is 5.32 Å². The molecule has 2 rings (SSSR count). The van der Waals surface area contributed by atoms with Crippen LogP contribution in [0.4, 0.5) is 14.5 Å². The Bertz CT molecular complexity index is 512. The van der Waals surface area contributed by atoms with Crippen LogP contribution in [0.1, 0.15) is 12.5 Å². The van der Waals surface area contributed by atoms with Crippen molar-refractivity contribution in [3.63, 3.8) is 0 Å². The number of hydrogen-bond acceptors (Lipinski definition) is 4. The first-order valence-corrected chi connectivity index (χ1v) is 5.46. The van der Waals surface area contributed by atoms with Crippen LogP contribution in [0.5, 0.6) is 0 Å². The van der Waals surface area contributed by atoms with Crippen LogP contribution in [0.15, 0.2) is 24.5 Å². The number of hydrogen-bond donors (Lipinski definition) is 1. The molecule has 0 spiro atoms. The molecule has 0 saturated carbocycles. The predicted molar refractivity (Wildman–Crippen MR) is 63.0 cm³/mol. The van der Waals surface area contributed by atoms with Gasteiger partial charge in [0, 0.05) is 5.69 Å². The average molecular weight is 253 g/mol. The minimum absolute atomic E-state index is 0.610. The minimum atomic E-state index is -2.41. The van der Waals surface area contributed by atoms with Gasteiger partial charge >= 0.3 is 0 Å². The van der Waals surface area contributed by atoms with Gasteiger partial charge in [0.15, 0.2) is 0 Å². The van der Waals surface area contributed by atoms with Crippen molar-refractivity contribution >= 4 is 5.69 Å². The molecule has 0 aliphatic heterocycles. The smallest absolute Gasteiger partial charge is 0.258 e. The van der Waals surface area contributed by atoms with Gasteiger partial charge < -0.3 is 5.32 Å². The van der Waals surface area contributed by atoms with Crippen molar-refractivity contribution < 1.29 is 8.78 Å². The molecule has 0 bridgehead atoms. The number of nitrogens with zero attached hydrogens (tertiary/aromatic N) is 4. The summed E-state index contributed by atoms with van der Waals surface area (Å²) >= 11 is 0. The maximum atomic E-state index is 12.5. The predicted octanol–water partition coefficient (Wildman–Crippen LogP) is 2.04. The SMILES string of the molecule is Cc1ccc(NC(C)C(F)F)cc1-n1cnnn1. The van der Waals surface area contributed by atoms with Crippen LogP contribution >= 0.6 is 0 Å². The quantitative estimate of drug-likeness (QED) is 0.905. The molecule has 1 atom stereocenters. The highest BCUT2D eigenvalue weighted by atomic mass is 19.3. The van der Waals surface area contributed by atoms with Gasteiger partial charge in [-0.3, -0.25) is 0 Å². The fraction of sp³-hybridized carbons (Fsp3) is 0.364. The normalized spacial score (nSPS) is 12.7. The van der Waals surface area contributed by atoms with E-state index in [2.05, 4.69) is 20.8 Å². The van der Waals surface area contributed by atoms with Crippen molar-refractivity contribution in [3.8, 4) is 5.69 Å². The molecule has 1 unspecified atom stereocenters. The molecular weight excluding hydrogens is 240 g/mol. The first-order valence-electron chi connectivity index (χ1n) is 5.46. The molecule has 0 fully saturated rings. The molecule has 0 aliphatic rings. The third-order valence-corrected chi connectivity index (χ3v) is 2.58. The number of anilines is 1. The van der Waals surface area contributed by atoms with E-state index in [0.29, 0.717) is 5.69 Å². The van der Waals surface area contributed by atoms with Crippen molar-refractivity contribution in [2.24, 2.45) is 0 Å². The lowest BCUT2D eigenvalue weighted by Crippen LogP contribution is -2.23. The second-order valence-corrected chi connectivity index (χ2v) is 4.02. The average Bonchev–Trinajstić information content (AvgIpc) is 2.85. The number of rotatable bonds is 4. The molecule has 96 valence electrons. The Morgan fingerprint density at radius 3 is 2.72 bits per heavy atom. The van der Waals surface area contributed by atoms with Gasteiger partial charge in [0.2, 0.25) is 0 Å². The lowest BCUT2D eigenvalue weighted by Gasteiger charge is -2.15. The first kappa shape index (κ1) is 12.4. The molecule has 0 radical (unpaired) electrons. The second kappa shape index (κ2) is 5.07. The van der Waals surface area contributed by atoms with Crippen LogP contribution in [0, 0.1) is 6.92 Å². The number of tetrazole rings is 1. The Kier molecular flexibility index (Phi) is 3.50. The Balaban J connectivity index is 2.27. The van der Waals surface area contributed by atoms with Gasteiger partial charge in [-0.2, -0.15) is 0 Å². The molecule has 1 aromatic heterocycles. The highest BCUT2D eigenvalue weighted by Gasteiger charge is 2.14. The van der Waals surface area contributed by atoms with Gasteiger partial charge in [0.05, 0.1) is 11.7 Å². The molecule has 18 heavy (non-hydrogen) atoms. The zero-order valence-electron chi connectivity index (χ0n) is 10.0. The minimum Gasteiger partial charge on any atom is -0.377 e. The third-order valence-electron chi connectivity index (χ3n) is 2.58. The lowest BCUT2D eigenvalue weighted by atomic mass is 10.1. The van der Waals surface area contributed by atoms with Crippen molar-refractivity contribution in [1.82, 2.24) is 20.2 Å². The summed E-state index contributed by atoms with van der Waals surface area (Å²) in [5, 5.41) is 13.6. The van der Waals surface area contributed by atoms with Crippen LogP contribution in [-0.4, -0.2) is 32.7 Å². The molecule has 0 amide bonds. The van der Waals surface area contributed by atoms with Crippen LogP contribution < -0.4 is 5.32 Å². The van der Waals surface area contributed by atoms with Crippen LogP contribution in [0.2, 0.25) is 0 Å². The van der Waals surface area contributed by atoms with Gasteiger partial charge in [-0.1, -0.05) is 6.07 Å². The van der Waals surface area contributed by atoms with Crippen LogP contribution in [0.25, 0.3) is 5.69 Å². The molecule has 2 aromatic rings. The maximum absolute atomic E-state index is 12.5. The van der Waals surface area contributed by atoms with E-state index in [1.165, 1.54) is 17.9 Å². The summed E-state index contributed by atoms with van der Waals surface area (Å²) in [6.07, 6.45) is -0.953. The van der Waals surface area contributed by atoms with Gasteiger partial charge in [-0.15, -0.1) is 5.10 Å². The molecule has 5 nitrogen and oxygen atoms in total. The molecule has 1 N–H and O–H groups in total. The van der Waals surface area contributed by atoms with E-state index in [0.717, 1.165) is 11.3 Å². The fourth-order valence-electron chi connectivity index (χ4n) is 1.54. The zero-order chi connectivity index (χ0) is 13.1. The van der Waals surface area contributed by atoms with Gasteiger partial charge in [0.1, 0.15) is 6.33 Å². The highest BCUT2D eigenvalue weighted by molar-refractivity contribution is 5.54. The van der Waals surface area contributed by atoms with E-state index in [9.17, 15) is 8.78 Å². The Morgan fingerprint density at radius 2 is 2.11 bits per heavy atom. The number of aryl methyl sites for hydroxylation is 1. The molecule has 7 heteroatoms. The fourth-order valence-corrected chi connectivity index (χ4v) is 1.54. The van der Waals surface area contributed by atoms with Crippen molar-refractivity contribution in [2.45, 2.75) is 26.3 Å². The largest absolute Gasteiger partial charge is 0.377 e. The second-order valence-electron chi connectivity index (χ2n) is 4.02. The van der Waals surface area contributed by atoms with Crippen LogP contribution in [-0.2, 0) is 0 Å². The van der Waals surface area contributed by atoms with E-state index in [1.807, 2.05) is 13.0 Å². The van der Waals surface area contributed by atoms with E-state index in [-0.39, 0.29) is 0 Å². The number of nitrogens with one attached hydrogen (secondary N) is 1. The zero-order valence-corrected chi connectivity index (χ0v) is 10.0. The van der Waals surface area contributed by atoms with Gasteiger partial charge in [-0.25, -0.2) is 13.5 Å². The summed E-state index contributed by atoms with van der Waals surface area (Å²) in [5.74, 6) is 0. The molecule has 1 aromatic carbocycles. The molecule has 0 aliphatic carbocycles. The van der Waals surface area contributed by atoms with E-state index < -0.39 is 12.5 Å². The number of benzene rings is 1. The Morgan fingerprint density at radius 1 is 1.33 bits per heavy atom. The standard InChI is InChI=1S/C11H13F2N5/c1-7-3-4-9(15-8(2)11(12)13)5-10(7)18-6-14-16-17-18/h3-6,8,11,15H,1-2H3. The van der Waals surface area contributed by atoms with Gasteiger partial charge in [-0.05, 0) is 42.0 Å². The lowest BCUT2D eigenvalue weighted by molar-refractivity contribution is 0.131. The summed E-state index contributed by atoms with van der Waals surface area (Å²) in [7, 11) is 0. The Hall–Kier alpha value is -2.05. The number of aromatic nitrogens is 4.